The number of carbonyl (C=O) groups is 2. The summed E-state index contributed by atoms with van der Waals surface area (Å²) in [6.07, 6.45) is 2.60. The van der Waals surface area contributed by atoms with Gasteiger partial charge in [0.1, 0.15) is 5.01 Å². The van der Waals surface area contributed by atoms with Crippen molar-refractivity contribution in [2.24, 2.45) is 0 Å². The number of hydrogen-bond acceptors (Lipinski definition) is 4. The molecule has 2 N–H and O–H groups in total. The van der Waals surface area contributed by atoms with E-state index in [9.17, 15) is 9.59 Å². The zero-order chi connectivity index (χ0) is 15.9. The van der Waals surface area contributed by atoms with E-state index in [0.29, 0.717) is 19.4 Å². The molecule has 0 bridgehead atoms. The topological polar surface area (TPSA) is 79.3 Å². The number of carboxylic acid groups (broad SMARTS) is 1. The molecule has 2 aromatic rings. The number of carbonyl (C=O) groups excluding carboxylic acids is 1. The van der Waals surface area contributed by atoms with Gasteiger partial charge in [-0.05, 0) is 18.9 Å². The van der Waals surface area contributed by atoms with Crippen LogP contribution in [0.25, 0.3) is 0 Å². The van der Waals surface area contributed by atoms with Gasteiger partial charge in [-0.3, -0.25) is 9.59 Å². The largest absolute Gasteiger partial charge is 0.481 e. The van der Waals surface area contributed by atoms with Crippen molar-refractivity contribution >= 4 is 23.2 Å². The van der Waals surface area contributed by atoms with Crippen molar-refractivity contribution in [3.63, 3.8) is 0 Å². The second-order valence-electron chi connectivity index (χ2n) is 5.05. The van der Waals surface area contributed by atoms with Gasteiger partial charge in [0.15, 0.2) is 0 Å². The minimum atomic E-state index is -0.818. The first kappa shape index (κ1) is 16.2. The lowest BCUT2D eigenvalue weighted by Crippen LogP contribution is -2.24. The summed E-state index contributed by atoms with van der Waals surface area (Å²) in [5.41, 5.74) is 2.14. The van der Waals surface area contributed by atoms with E-state index in [2.05, 4.69) is 10.3 Å². The molecule has 0 saturated heterocycles. The van der Waals surface area contributed by atoms with Crippen LogP contribution >= 0.6 is 11.3 Å². The zero-order valence-electron chi connectivity index (χ0n) is 12.3. The second-order valence-corrected chi connectivity index (χ2v) is 6.25. The van der Waals surface area contributed by atoms with E-state index in [1.165, 1.54) is 16.9 Å². The van der Waals surface area contributed by atoms with Gasteiger partial charge in [0.25, 0.3) is 0 Å². The van der Waals surface area contributed by atoms with Crippen molar-refractivity contribution in [3.8, 4) is 0 Å². The van der Waals surface area contributed by atoms with Crippen LogP contribution < -0.4 is 5.32 Å². The van der Waals surface area contributed by atoms with Crippen molar-refractivity contribution in [2.45, 2.75) is 32.7 Å². The number of aryl methyl sites for hydroxylation is 2. The van der Waals surface area contributed by atoms with E-state index < -0.39 is 5.97 Å². The first-order chi connectivity index (χ1) is 10.5. The van der Waals surface area contributed by atoms with Crippen LogP contribution in [0.1, 0.15) is 27.4 Å². The predicted molar refractivity (Wildman–Crippen MR) is 84.8 cm³/mol. The number of carboxylic acids is 1. The van der Waals surface area contributed by atoms with Gasteiger partial charge in [-0.2, -0.15) is 0 Å². The number of nitrogens with one attached hydrogen (secondary N) is 1. The summed E-state index contributed by atoms with van der Waals surface area (Å²) in [7, 11) is 0. The number of thiazole rings is 1. The van der Waals surface area contributed by atoms with E-state index in [4.69, 9.17) is 5.11 Å². The first-order valence-corrected chi connectivity index (χ1v) is 7.82. The highest BCUT2D eigenvalue weighted by molar-refractivity contribution is 7.11. The molecule has 1 amide bonds. The summed E-state index contributed by atoms with van der Waals surface area (Å²) in [6, 6.07) is 7.86. The summed E-state index contributed by atoms with van der Waals surface area (Å²) in [6.45, 7) is 2.39. The molecule has 116 valence electrons. The molecule has 1 heterocycles. The highest BCUT2D eigenvalue weighted by Gasteiger charge is 2.07. The molecule has 1 aromatic carbocycles. The minimum absolute atomic E-state index is 0.0499. The summed E-state index contributed by atoms with van der Waals surface area (Å²) < 4.78 is 0. The molecule has 0 unspecified atom stereocenters. The third-order valence-corrected chi connectivity index (χ3v) is 4.17. The molecule has 0 aliphatic heterocycles. The number of aromatic nitrogens is 1. The summed E-state index contributed by atoms with van der Waals surface area (Å²) >= 11 is 1.44. The molecule has 0 atom stereocenters. The van der Waals surface area contributed by atoms with Crippen molar-refractivity contribution in [1.29, 1.82) is 0 Å². The standard InChI is InChI=1S/C16H18N2O3S/c1-11-2-4-12(5-3-11)8-14(19)17-10-15-18-9-13(22-15)6-7-16(20)21/h2-5,9H,6-8,10H2,1H3,(H,17,19)(H,20,21). The van der Waals surface area contributed by atoms with Gasteiger partial charge in [-0.1, -0.05) is 29.8 Å². The summed E-state index contributed by atoms with van der Waals surface area (Å²) in [4.78, 5) is 27.5. The van der Waals surface area contributed by atoms with Crippen LogP contribution in [0.5, 0.6) is 0 Å². The van der Waals surface area contributed by atoms with Crippen LogP contribution in [-0.2, 0) is 29.0 Å². The Morgan fingerprint density at radius 3 is 2.68 bits per heavy atom. The molecule has 0 aliphatic rings. The van der Waals surface area contributed by atoms with Crippen LogP contribution in [0.3, 0.4) is 0 Å². The molecular weight excluding hydrogens is 300 g/mol. The average Bonchev–Trinajstić information content (AvgIpc) is 2.93. The SMILES string of the molecule is Cc1ccc(CC(=O)NCc2ncc(CCC(=O)O)s2)cc1. The third kappa shape index (κ3) is 5.29. The van der Waals surface area contributed by atoms with Crippen LogP contribution in [0.15, 0.2) is 30.5 Å². The first-order valence-electron chi connectivity index (χ1n) is 7.00. The fourth-order valence-corrected chi connectivity index (χ4v) is 2.77. The Morgan fingerprint density at radius 1 is 1.27 bits per heavy atom. The Hall–Kier alpha value is -2.21. The normalized spacial score (nSPS) is 10.4. The molecule has 0 fully saturated rings. The lowest BCUT2D eigenvalue weighted by molar-refractivity contribution is -0.137. The molecule has 0 aliphatic carbocycles. The molecule has 6 heteroatoms. The maximum Gasteiger partial charge on any atom is 0.303 e. The van der Waals surface area contributed by atoms with E-state index in [-0.39, 0.29) is 12.3 Å². The molecule has 22 heavy (non-hydrogen) atoms. The highest BCUT2D eigenvalue weighted by atomic mass is 32.1. The number of hydrogen-bond donors (Lipinski definition) is 2. The van der Waals surface area contributed by atoms with Gasteiger partial charge < -0.3 is 10.4 Å². The molecular formula is C16H18N2O3S. The van der Waals surface area contributed by atoms with E-state index in [0.717, 1.165) is 15.4 Å². The minimum Gasteiger partial charge on any atom is -0.481 e. The fraction of sp³-hybridized carbons (Fsp3) is 0.312. The molecule has 5 nitrogen and oxygen atoms in total. The lowest BCUT2D eigenvalue weighted by Gasteiger charge is -2.03. The van der Waals surface area contributed by atoms with E-state index in [1.807, 2.05) is 31.2 Å². The fourth-order valence-electron chi connectivity index (χ4n) is 1.90. The number of aliphatic carboxylic acids is 1. The van der Waals surface area contributed by atoms with Gasteiger partial charge in [0.05, 0.1) is 19.4 Å². The molecule has 1 aromatic heterocycles. The van der Waals surface area contributed by atoms with Gasteiger partial charge >= 0.3 is 5.97 Å². The van der Waals surface area contributed by atoms with Crippen LogP contribution in [-0.4, -0.2) is 22.0 Å². The lowest BCUT2D eigenvalue weighted by atomic mass is 10.1. The van der Waals surface area contributed by atoms with Crippen LogP contribution in [0.4, 0.5) is 0 Å². The van der Waals surface area contributed by atoms with Crippen LogP contribution in [0, 0.1) is 6.92 Å². The van der Waals surface area contributed by atoms with Gasteiger partial charge in [-0.15, -0.1) is 11.3 Å². The Kier molecular flexibility index (Phi) is 5.66. The summed E-state index contributed by atoms with van der Waals surface area (Å²) in [5, 5.41) is 12.3. The Morgan fingerprint density at radius 2 is 2.00 bits per heavy atom. The van der Waals surface area contributed by atoms with Crippen LogP contribution in [0.2, 0.25) is 0 Å². The third-order valence-electron chi connectivity index (χ3n) is 3.11. The maximum atomic E-state index is 11.9. The zero-order valence-corrected chi connectivity index (χ0v) is 13.2. The monoisotopic (exact) mass is 318 g/mol. The van der Waals surface area contributed by atoms with Crippen molar-refractivity contribution < 1.29 is 14.7 Å². The molecule has 0 spiro atoms. The van der Waals surface area contributed by atoms with E-state index >= 15 is 0 Å². The molecule has 2 rings (SSSR count). The van der Waals surface area contributed by atoms with Gasteiger partial charge in [0, 0.05) is 11.1 Å². The summed E-state index contributed by atoms with van der Waals surface area (Å²) in [5.74, 6) is -0.868. The number of amides is 1. The van der Waals surface area contributed by atoms with Crippen molar-refractivity contribution in [3.05, 3.63) is 51.5 Å². The van der Waals surface area contributed by atoms with Gasteiger partial charge in [0.2, 0.25) is 5.91 Å². The Balaban J connectivity index is 1.78. The Bertz CT molecular complexity index is 650. The maximum absolute atomic E-state index is 11.9. The number of rotatable bonds is 7. The van der Waals surface area contributed by atoms with Crippen molar-refractivity contribution in [2.75, 3.05) is 0 Å². The van der Waals surface area contributed by atoms with E-state index in [1.54, 1.807) is 6.20 Å². The highest BCUT2D eigenvalue weighted by Crippen LogP contribution is 2.14. The Labute approximate surface area is 133 Å². The van der Waals surface area contributed by atoms with Crippen molar-refractivity contribution in [1.82, 2.24) is 10.3 Å². The van der Waals surface area contributed by atoms with Gasteiger partial charge in [-0.25, -0.2) is 4.98 Å². The molecule has 0 radical (unpaired) electrons. The smallest absolute Gasteiger partial charge is 0.303 e. The quantitative estimate of drug-likeness (QED) is 0.821. The number of nitrogens with zero attached hydrogens (tertiary/aromatic N) is 1. The predicted octanol–water partition coefficient (Wildman–Crippen LogP) is 2.33. The number of benzene rings is 1. The second kappa shape index (κ2) is 7.70. The molecule has 0 saturated carbocycles. The average molecular weight is 318 g/mol.